The van der Waals surface area contributed by atoms with Gasteiger partial charge in [-0.2, -0.15) is 0 Å². The zero-order valence-electron chi connectivity index (χ0n) is 26.6. The number of ether oxygens (including phenoxy) is 2. The molecule has 2 saturated heterocycles. The minimum absolute atomic E-state index is 0.0189. The molecule has 0 radical (unpaired) electrons. The van der Waals surface area contributed by atoms with Crippen molar-refractivity contribution in [1.82, 2.24) is 29.7 Å². The number of nitrogens with two attached hydrogens (primary N) is 1. The van der Waals surface area contributed by atoms with Gasteiger partial charge in [0.05, 0.1) is 6.33 Å². The summed E-state index contributed by atoms with van der Waals surface area (Å²) in [4.78, 5) is 41.3. The van der Waals surface area contributed by atoms with Crippen molar-refractivity contribution in [2.45, 2.75) is 81.6 Å². The van der Waals surface area contributed by atoms with Crippen LogP contribution < -0.4 is 11.1 Å². The molecule has 250 valence electrons. The first-order valence-corrected chi connectivity index (χ1v) is 16.7. The largest absolute Gasteiger partial charge is 0.445 e. The molecular weight excluding hydrogens is 614 g/mol. The summed E-state index contributed by atoms with van der Waals surface area (Å²) in [6.45, 7) is 3.07. The molecule has 1 saturated carbocycles. The Morgan fingerprint density at radius 1 is 1.00 bits per heavy atom. The molecule has 4 heterocycles. The summed E-state index contributed by atoms with van der Waals surface area (Å²) in [5, 5.41) is 24.2. The van der Waals surface area contributed by atoms with E-state index in [1.54, 1.807) is 4.90 Å². The fourth-order valence-electron chi connectivity index (χ4n) is 7.46. The third-order valence-corrected chi connectivity index (χ3v) is 10.2. The van der Waals surface area contributed by atoms with E-state index in [4.69, 9.17) is 20.2 Å². The number of amides is 2. The van der Waals surface area contributed by atoms with E-state index in [-0.39, 0.29) is 35.9 Å². The van der Waals surface area contributed by atoms with E-state index in [2.05, 4.69) is 39.6 Å². The number of nitrogen functional groups attached to an aromatic ring is 1. The van der Waals surface area contributed by atoms with E-state index < -0.39 is 30.4 Å². The number of fused-ring (bicyclic) bond motifs is 4. The fraction of sp³-hybridized carbons (Fsp3) is 0.457. The lowest BCUT2D eigenvalue weighted by atomic mass is 9.92. The SMILES string of the molecule is CC(OC(=O)N1CCC(Cc2nc(N)c3ncn([C@@H]4O[C@H](C(=O)NC5CC5)C(O)C4O)c3n2)CC1)C1c2ccccc2-c2ccccc21. The highest BCUT2D eigenvalue weighted by Crippen LogP contribution is 2.47. The molecule has 0 spiro atoms. The smallest absolute Gasteiger partial charge is 0.410 e. The molecule has 8 rings (SSSR count). The number of nitrogens with one attached hydrogen (secondary N) is 1. The highest BCUT2D eigenvalue weighted by Gasteiger charge is 2.48. The number of nitrogens with zero attached hydrogens (tertiary/aromatic N) is 5. The number of piperidine rings is 1. The Bertz CT molecular complexity index is 1820. The van der Waals surface area contributed by atoms with E-state index in [9.17, 15) is 19.8 Å². The monoisotopic (exact) mass is 653 g/mol. The molecule has 4 aliphatic rings. The third-order valence-electron chi connectivity index (χ3n) is 10.2. The van der Waals surface area contributed by atoms with Crippen LogP contribution in [0.4, 0.5) is 10.6 Å². The van der Waals surface area contributed by atoms with Crippen LogP contribution in [0.5, 0.6) is 0 Å². The molecule has 5 N–H and O–H groups in total. The van der Waals surface area contributed by atoms with Crippen LogP contribution in [0.25, 0.3) is 22.3 Å². The first-order chi connectivity index (χ1) is 23.3. The summed E-state index contributed by atoms with van der Waals surface area (Å²) in [5.41, 5.74) is 11.7. The number of hydrogen-bond donors (Lipinski definition) is 4. The van der Waals surface area contributed by atoms with Crippen molar-refractivity contribution in [3.05, 3.63) is 71.8 Å². The predicted octanol–water partition coefficient (Wildman–Crippen LogP) is 2.90. The third kappa shape index (κ3) is 5.45. The van der Waals surface area contributed by atoms with Crippen LogP contribution in [0.3, 0.4) is 0 Å². The van der Waals surface area contributed by atoms with Crippen molar-refractivity contribution in [1.29, 1.82) is 0 Å². The molecule has 4 aromatic rings. The maximum absolute atomic E-state index is 13.3. The van der Waals surface area contributed by atoms with Gasteiger partial charge in [-0.25, -0.2) is 19.7 Å². The first-order valence-electron chi connectivity index (χ1n) is 16.7. The van der Waals surface area contributed by atoms with E-state index in [1.165, 1.54) is 33.1 Å². The predicted molar refractivity (Wildman–Crippen MR) is 174 cm³/mol. The van der Waals surface area contributed by atoms with Gasteiger partial charge in [0.15, 0.2) is 23.8 Å². The molecule has 2 aliphatic heterocycles. The van der Waals surface area contributed by atoms with Gasteiger partial charge >= 0.3 is 6.09 Å². The van der Waals surface area contributed by atoms with Crippen LogP contribution in [0.2, 0.25) is 0 Å². The molecular formula is C35H39N7O6. The van der Waals surface area contributed by atoms with E-state index in [0.717, 1.165) is 25.7 Å². The van der Waals surface area contributed by atoms with E-state index in [0.29, 0.717) is 36.5 Å². The summed E-state index contributed by atoms with van der Waals surface area (Å²) in [7, 11) is 0. The van der Waals surface area contributed by atoms with Gasteiger partial charge in [0.1, 0.15) is 29.7 Å². The fourth-order valence-corrected chi connectivity index (χ4v) is 7.46. The van der Waals surface area contributed by atoms with Gasteiger partial charge in [-0.15, -0.1) is 0 Å². The molecule has 2 aliphatic carbocycles. The van der Waals surface area contributed by atoms with Crippen LogP contribution in [-0.2, 0) is 20.7 Å². The van der Waals surface area contributed by atoms with Crippen molar-refractivity contribution in [2.24, 2.45) is 5.92 Å². The van der Waals surface area contributed by atoms with Crippen LogP contribution in [0.1, 0.15) is 61.7 Å². The number of rotatable bonds is 7. The molecule has 13 nitrogen and oxygen atoms in total. The molecule has 48 heavy (non-hydrogen) atoms. The number of imidazole rings is 1. The minimum atomic E-state index is -1.41. The molecule has 2 amide bonds. The van der Waals surface area contributed by atoms with Crippen LogP contribution >= 0.6 is 0 Å². The van der Waals surface area contributed by atoms with Crippen molar-refractivity contribution >= 4 is 29.0 Å². The first kappa shape index (κ1) is 30.7. The number of aromatic nitrogens is 4. The van der Waals surface area contributed by atoms with Crippen LogP contribution in [-0.4, -0.2) is 90.2 Å². The topological polar surface area (TPSA) is 178 Å². The summed E-state index contributed by atoms with van der Waals surface area (Å²) in [5.74, 6) is 0.430. The number of carbonyl (C=O) groups excluding carboxylic acids is 2. The molecule has 2 aromatic carbocycles. The van der Waals surface area contributed by atoms with Crippen LogP contribution in [0, 0.1) is 5.92 Å². The number of carbonyl (C=O) groups is 2. The highest BCUT2D eigenvalue weighted by molar-refractivity contribution is 5.83. The van der Waals surface area contributed by atoms with Gasteiger partial charge < -0.3 is 35.6 Å². The molecule has 13 heteroatoms. The van der Waals surface area contributed by atoms with Gasteiger partial charge in [0, 0.05) is 31.5 Å². The van der Waals surface area contributed by atoms with Crippen molar-refractivity contribution in [3.63, 3.8) is 0 Å². The summed E-state index contributed by atoms with van der Waals surface area (Å²) in [6, 6.07) is 16.7. The Morgan fingerprint density at radius 3 is 2.33 bits per heavy atom. The van der Waals surface area contributed by atoms with Crippen molar-refractivity contribution < 1.29 is 29.3 Å². The molecule has 2 aromatic heterocycles. The average molecular weight is 654 g/mol. The van der Waals surface area contributed by atoms with Gasteiger partial charge in [-0.05, 0) is 60.8 Å². The second-order valence-corrected chi connectivity index (χ2v) is 13.4. The highest BCUT2D eigenvalue weighted by atomic mass is 16.6. The lowest BCUT2D eigenvalue weighted by molar-refractivity contribution is -0.137. The summed E-state index contributed by atoms with van der Waals surface area (Å²) < 4.78 is 13.4. The number of benzene rings is 2. The second kappa shape index (κ2) is 12.1. The van der Waals surface area contributed by atoms with E-state index >= 15 is 0 Å². The number of hydrogen-bond acceptors (Lipinski definition) is 10. The quantitative estimate of drug-likeness (QED) is 0.232. The maximum atomic E-state index is 13.3. The lowest BCUT2D eigenvalue weighted by Crippen LogP contribution is -2.43. The summed E-state index contributed by atoms with van der Waals surface area (Å²) in [6.07, 6.45) is -0.500. The normalized spacial score (nSPS) is 24.8. The number of anilines is 1. The van der Waals surface area contributed by atoms with Gasteiger partial charge in [-0.1, -0.05) is 48.5 Å². The Labute approximate surface area is 277 Å². The van der Waals surface area contributed by atoms with Gasteiger partial charge in [0.25, 0.3) is 5.91 Å². The number of aliphatic hydroxyl groups excluding tert-OH is 2. The molecule has 0 bridgehead atoms. The zero-order chi connectivity index (χ0) is 33.1. The number of likely N-dealkylation sites (tertiary alicyclic amines) is 1. The second-order valence-electron chi connectivity index (χ2n) is 13.4. The van der Waals surface area contributed by atoms with Gasteiger partial charge in [-0.3, -0.25) is 9.36 Å². The molecule has 5 atom stereocenters. The van der Waals surface area contributed by atoms with Crippen LogP contribution in [0.15, 0.2) is 54.9 Å². The lowest BCUT2D eigenvalue weighted by Gasteiger charge is -2.33. The average Bonchev–Trinajstić information content (AvgIpc) is 3.58. The Balaban J connectivity index is 0.909. The molecule has 3 unspecified atom stereocenters. The minimum Gasteiger partial charge on any atom is -0.445 e. The number of aliphatic hydroxyl groups is 2. The Morgan fingerprint density at radius 2 is 1.67 bits per heavy atom. The molecule has 3 fully saturated rings. The van der Waals surface area contributed by atoms with Crippen molar-refractivity contribution in [2.75, 3.05) is 18.8 Å². The standard InChI is InChI=1S/C35H39N7O6/c1-18(26-23-8-4-2-6-21(23)22-7-3-5-9-24(22)26)47-35(46)41-14-12-19(13-15-41)16-25-39-31(36)27-32(40-25)42(17-37-27)34-29(44)28(43)30(48-34)33(45)38-20-10-11-20/h2-9,17-20,26,28-30,34,43-44H,10-16H2,1H3,(H,38,45)(H2,36,39,40)/t18?,28?,29?,30-,34+/m0/s1. The Kier molecular flexibility index (Phi) is 7.77. The van der Waals surface area contributed by atoms with E-state index in [1.807, 2.05) is 31.2 Å². The Hall–Kier alpha value is -4.59. The summed E-state index contributed by atoms with van der Waals surface area (Å²) >= 11 is 0. The van der Waals surface area contributed by atoms with Gasteiger partial charge in [0.2, 0.25) is 0 Å². The zero-order valence-corrected chi connectivity index (χ0v) is 26.6. The van der Waals surface area contributed by atoms with Crippen molar-refractivity contribution in [3.8, 4) is 11.1 Å². The maximum Gasteiger partial charge on any atom is 0.410 e.